The molecule has 5 heteroatoms. The molecule has 0 bridgehead atoms. The first kappa shape index (κ1) is 13.7. The monoisotopic (exact) mass is 269 g/mol. The first-order valence-electron chi connectivity index (χ1n) is 6.06. The minimum atomic E-state index is -1.47. The molecule has 0 saturated carbocycles. The second-order valence-corrected chi connectivity index (χ2v) is 4.20. The number of hydrogen-bond acceptors (Lipinski definition) is 2. The van der Waals surface area contributed by atoms with Crippen LogP contribution in [0.25, 0.3) is 11.3 Å². The van der Waals surface area contributed by atoms with Crippen molar-refractivity contribution in [2.45, 2.75) is 19.9 Å². The van der Waals surface area contributed by atoms with Crippen molar-refractivity contribution in [1.82, 2.24) is 5.32 Å². The summed E-state index contributed by atoms with van der Waals surface area (Å²) >= 11 is 0. The van der Waals surface area contributed by atoms with Crippen LogP contribution < -0.4 is 5.32 Å². The summed E-state index contributed by atoms with van der Waals surface area (Å²) in [5, 5.41) is 3.15. The van der Waals surface area contributed by atoms with Crippen LogP contribution in [0.5, 0.6) is 0 Å². The summed E-state index contributed by atoms with van der Waals surface area (Å²) in [6.07, 6.45) is 1.00. The first-order valence-corrected chi connectivity index (χ1v) is 6.06. The van der Waals surface area contributed by atoms with Crippen molar-refractivity contribution in [3.63, 3.8) is 0 Å². The smallest absolute Gasteiger partial charge is 0.194 e. The zero-order valence-corrected chi connectivity index (χ0v) is 10.5. The average Bonchev–Trinajstić information content (AvgIpc) is 2.84. The Morgan fingerprint density at radius 1 is 1.11 bits per heavy atom. The molecule has 2 nitrogen and oxygen atoms in total. The van der Waals surface area contributed by atoms with Crippen LogP contribution in [-0.4, -0.2) is 6.54 Å². The minimum Gasteiger partial charge on any atom is -0.460 e. The fourth-order valence-electron chi connectivity index (χ4n) is 1.71. The molecule has 0 amide bonds. The van der Waals surface area contributed by atoms with E-state index < -0.39 is 17.5 Å². The van der Waals surface area contributed by atoms with Gasteiger partial charge in [-0.1, -0.05) is 6.92 Å². The maximum Gasteiger partial charge on any atom is 0.194 e. The molecule has 1 heterocycles. The van der Waals surface area contributed by atoms with Gasteiger partial charge in [0.2, 0.25) is 0 Å². The van der Waals surface area contributed by atoms with Gasteiger partial charge in [0.15, 0.2) is 17.5 Å². The van der Waals surface area contributed by atoms with E-state index in [4.69, 9.17) is 4.42 Å². The van der Waals surface area contributed by atoms with E-state index in [1.165, 1.54) is 0 Å². The summed E-state index contributed by atoms with van der Waals surface area (Å²) in [7, 11) is 0. The van der Waals surface area contributed by atoms with Crippen LogP contribution in [0.4, 0.5) is 13.2 Å². The zero-order valence-electron chi connectivity index (χ0n) is 10.5. The second kappa shape index (κ2) is 5.93. The summed E-state index contributed by atoms with van der Waals surface area (Å²) in [5.41, 5.74) is 0.179. The highest BCUT2D eigenvalue weighted by molar-refractivity contribution is 5.57. The molecular weight excluding hydrogens is 255 g/mol. The van der Waals surface area contributed by atoms with Gasteiger partial charge in [0.1, 0.15) is 11.5 Å². The Hall–Kier alpha value is -1.75. The van der Waals surface area contributed by atoms with E-state index in [9.17, 15) is 13.2 Å². The number of hydrogen-bond donors (Lipinski definition) is 1. The number of furan rings is 1. The third-order valence-corrected chi connectivity index (χ3v) is 2.66. The molecule has 0 fully saturated rings. The molecule has 1 aromatic heterocycles. The number of nitrogens with one attached hydrogen (secondary N) is 1. The van der Waals surface area contributed by atoms with Gasteiger partial charge in [0.05, 0.1) is 6.54 Å². The Morgan fingerprint density at radius 3 is 2.42 bits per heavy atom. The highest BCUT2D eigenvalue weighted by Crippen LogP contribution is 2.25. The predicted molar refractivity (Wildman–Crippen MR) is 66.0 cm³/mol. The van der Waals surface area contributed by atoms with Crippen LogP contribution in [0.1, 0.15) is 19.1 Å². The topological polar surface area (TPSA) is 25.2 Å². The van der Waals surface area contributed by atoms with Gasteiger partial charge >= 0.3 is 0 Å². The van der Waals surface area contributed by atoms with Crippen LogP contribution in [0, 0.1) is 17.5 Å². The van der Waals surface area contributed by atoms with E-state index in [0.717, 1.165) is 25.1 Å². The van der Waals surface area contributed by atoms with Crippen molar-refractivity contribution in [2.75, 3.05) is 6.54 Å². The molecular formula is C14H14F3NO. The minimum absolute atomic E-state index is 0.179. The quantitative estimate of drug-likeness (QED) is 0.658. The van der Waals surface area contributed by atoms with Crippen molar-refractivity contribution in [3.05, 3.63) is 47.5 Å². The number of rotatable bonds is 5. The number of benzene rings is 1. The lowest BCUT2D eigenvalue weighted by molar-refractivity contribution is 0.446. The van der Waals surface area contributed by atoms with Gasteiger partial charge in [0, 0.05) is 5.56 Å². The van der Waals surface area contributed by atoms with Gasteiger partial charge < -0.3 is 9.73 Å². The summed E-state index contributed by atoms with van der Waals surface area (Å²) in [5.74, 6) is -2.95. The molecule has 1 aromatic carbocycles. The average molecular weight is 269 g/mol. The highest BCUT2D eigenvalue weighted by atomic mass is 19.2. The molecule has 0 aliphatic rings. The van der Waals surface area contributed by atoms with Gasteiger partial charge in [-0.2, -0.15) is 0 Å². The summed E-state index contributed by atoms with van der Waals surface area (Å²) in [6, 6.07) is 5.16. The van der Waals surface area contributed by atoms with E-state index in [1.54, 1.807) is 12.1 Å². The van der Waals surface area contributed by atoms with Gasteiger partial charge in [0.25, 0.3) is 0 Å². The fourth-order valence-corrected chi connectivity index (χ4v) is 1.71. The third-order valence-electron chi connectivity index (χ3n) is 2.66. The van der Waals surface area contributed by atoms with Gasteiger partial charge in [-0.05, 0) is 37.2 Å². The molecule has 2 aromatic rings. The Labute approximate surface area is 109 Å². The summed E-state index contributed by atoms with van der Waals surface area (Å²) < 4.78 is 44.5. The molecule has 0 aliphatic carbocycles. The molecule has 0 aliphatic heterocycles. The SMILES string of the molecule is CCCNCc1ccc(-c2cc(F)c(F)c(F)c2)o1. The first-order chi connectivity index (χ1) is 9.11. The molecule has 0 atom stereocenters. The predicted octanol–water partition coefficient (Wildman–Crippen LogP) is 3.86. The summed E-state index contributed by atoms with van der Waals surface area (Å²) in [6.45, 7) is 3.44. The Balaban J connectivity index is 2.18. The van der Waals surface area contributed by atoms with Crippen molar-refractivity contribution in [1.29, 1.82) is 0 Å². The Bertz CT molecular complexity index is 543. The van der Waals surface area contributed by atoms with Crippen LogP contribution in [0.2, 0.25) is 0 Å². The molecule has 102 valence electrons. The standard InChI is InChI=1S/C14H14F3NO/c1-2-5-18-8-10-3-4-13(19-10)9-6-11(15)14(17)12(16)7-9/h3-4,6-7,18H,2,5,8H2,1H3. The molecule has 2 rings (SSSR count). The molecule has 0 radical (unpaired) electrons. The maximum atomic E-state index is 13.1. The lowest BCUT2D eigenvalue weighted by Crippen LogP contribution is -2.12. The molecule has 1 N–H and O–H groups in total. The Morgan fingerprint density at radius 2 is 1.79 bits per heavy atom. The van der Waals surface area contributed by atoms with Gasteiger partial charge in [-0.3, -0.25) is 0 Å². The molecule has 0 saturated heterocycles. The van der Waals surface area contributed by atoms with E-state index in [2.05, 4.69) is 5.32 Å². The van der Waals surface area contributed by atoms with Gasteiger partial charge in [-0.15, -0.1) is 0 Å². The van der Waals surface area contributed by atoms with Crippen LogP contribution in [0.3, 0.4) is 0 Å². The van der Waals surface area contributed by atoms with E-state index in [1.807, 2.05) is 6.92 Å². The molecule has 19 heavy (non-hydrogen) atoms. The fraction of sp³-hybridized carbons (Fsp3) is 0.286. The largest absolute Gasteiger partial charge is 0.460 e. The Kier molecular flexibility index (Phi) is 4.27. The van der Waals surface area contributed by atoms with E-state index in [0.29, 0.717) is 18.1 Å². The van der Waals surface area contributed by atoms with E-state index >= 15 is 0 Å². The van der Waals surface area contributed by atoms with Crippen molar-refractivity contribution in [3.8, 4) is 11.3 Å². The number of halogens is 3. The van der Waals surface area contributed by atoms with Crippen molar-refractivity contribution in [2.24, 2.45) is 0 Å². The van der Waals surface area contributed by atoms with Crippen molar-refractivity contribution >= 4 is 0 Å². The molecule has 0 unspecified atom stereocenters. The second-order valence-electron chi connectivity index (χ2n) is 4.20. The maximum absolute atomic E-state index is 13.1. The molecule has 0 spiro atoms. The summed E-state index contributed by atoms with van der Waals surface area (Å²) in [4.78, 5) is 0. The van der Waals surface area contributed by atoms with E-state index in [-0.39, 0.29) is 5.56 Å². The van der Waals surface area contributed by atoms with Gasteiger partial charge in [-0.25, -0.2) is 13.2 Å². The lowest BCUT2D eigenvalue weighted by Gasteiger charge is -2.01. The lowest BCUT2D eigenvalue weighted by atomic mass is 10.1. The van der Waals surface area contributed by atoms with Crippen LogP contribution >= 0.6 is 0 Å². The van der Waals surface area contributed by atoms with Crippen molar-refractivity contribution < 1.29 is 17.6 Å². The van der Waals surface area contributed by atoms with Crippen LogP contribution in [0.15, 0.2) is 28.7 Å². The normalized spacial score (nSPS) is 10.9. The third kappa shape index (κ3) is 3.17. The zero-order chi connectivity index (χ0) is 13.8. The van der Waals surface area contributed by atoms with Crippen LogP contribution in [-0.2, 0) is 6.54 Å². The highest BCUT2D eigenvalue weighted by Gasteiger charge is 2.13.